The lowest BCUT2D eigenvalue weighted by atomic mass is 9.72. The fourth-order valence-electron chi connectivity index (χ4n) is 2.42. The molecular weight excluding hydrogens is 266 g/mol. The number of rotatable bonds is 2. The number of carboxylic acid groups (broad SMARTS) is 1. The van der Waals surface area contributed by atoms with Crippen molar-refractivity contribution in [2.24, 2.45) is 0 Å². The molecule has 0 bridgehead atoms. The van der Waals surface area contributed by atoms with Crippen molar-refractivity contribution in [3.8, 4) is 0 Å². The van der Waals surface area contributed by atoms with Crippen LogP contribution >= 0.6 is 11.6 Å². The normalized spacial score (nSPS) is 22.3. The summed E-state index contributed by atoms with van der Waals surface area (Å²) in [5.41, 5.74) is 0.138. The van der Waals surface area contributed by atoms with E-state index in [9.17, 15) is 9.90 Å². The Morgan fingerprint density at radius 2 is 2.21 bits per heavy atom. The van der Waals surface area contributed by atoms with Gasteiger partial charge in [-0.25, -0.2) is 4.79 Å². The smallest absolute Gasteiger partial charge is 0.478 e. The molecule has 0 unspecified atom stereocenters. The van der Waals surface area contributed by atoms with Crippen molar-refractivity contribution >= 4 is 30.2 Å². The van der Waals surface area contributed by atoms with Crippen molar-refractivity contribution in [3.05, 3.63) is 28.8 Å². The predicted octanol–water partition coefficient (Wildman–Crippen LogP) is 2.34. The van der Waals surface area contributed by atoms with Crippen LogP contribution in [0, 0.1) is 0 Å². The van der Waals surface area contributed by atoms with Gasteiger partial charge in [0, 0.05) is 6.10 Å². The van der Waals surface area contributed by atoms with E-state index in [0.717, 1.165) is 6.42 Å². The van der Waals surface area contributed by atoms with Gasteiger partial charge in [-0.1, -0.05) is 23.7 Å². The molecule has 19 heavy (non-hydrogen) atoms. The fourth-order valence-corrected chi connectivity index (χ4v) is 2.68. The van der Waals surface area contributed by atoms with E-state index in [2.05, 4.69) is 0 Å². The van der Waals surface area contributed by atoms with E-state index in [1.807, 2.05) is 20.8 Å². The Bertz CT molecular complexity index is 503. The largest absolute Gasteiger partial charge is 0.495 e. The first-order valence-electron chi connectivity index (χ1n) is 6.15. The zero-order valence-corrected chi connectivity index (χ0v) is 11.9. The fraction of sp³-hybridized carbons (Fsp3) is 0.462. The summed E-state index contributed by atoms with van der Waals surface area (Å²) in [7, 11) is -0.705. The van der Waals surface area contributed by atoms with Crippen LogP contribution in [0.15, 0.2) is 18.2 Å². The van der Waals surface area contributed by atoms with E-state index in [1.165, 1.54) is 0 Å². The lowest BCUT2D eigenvalue weighted by Gasteiger charge is -2.38. The van der Waals surface area contributed by atoms with Crippen LogP contribution in [0.2, 0.25) is 5.02 Å². The van der Waals surface area contributed by atoms with Gasteiger partial charge in [-0.15, -0.1) is 0 Å². The number of halogens is 1. The molecule has 1 aliphatic heterocycles. The Kier molecular flexibility index (Phi) is 3.90. The lowest BCUT2D eigenvalue weighted by molar-refractivity contribution is -0.0231. The molecule has 1 aromatic carbocycles. The highest BCUT2D eigenvalue weighted by Gasteiger charge is 2.40. The highest BCUT2D eigenvalue weighted by Crippen LogP contribution is 2.26. The van der Waals surface area contributed by atoms with Crippen LogP contribution in [0.25, 0.3) is 0 Å². The minimum absolute atomic E-state index is 0.00521. The van der Waals surface area contributed by atoms with Crippen molar-refractivity contribution in [2.75, 3.05) is 0 Å². The van der Waals surface area contributed by atoms with Gasteiger partial charge in [0.1, 0.15) is 0 Å². The molecule has 1 aromatic rings. The highest BCUT2D eigenvalue weighted by molar-refractivity contribution is 6.63. The van der Waals surface area contributed by atoms with Crippen LogP contribution in [0.1, 0.15) is 37.6 Å². The summed E-state index contributed by atoms with van der Waals surface area (Å²) >= 11 is 5.96. The van der Waals surface area contributed by atoms with Crippen LogP contribution in [-0.2, 0) is 9.31 Å². The van der Waals surface area contributed by atoms with Crippen molar-refractivity contribution in [1.29, 1.82) is 0 Å². The van der Waals surface area contributed by atoms with Crippen LogP contribution < -0.4 is 5.46 Å². The average molecular weight is 283 g/mol. The maximum Gasteiger partial charge on any atom is 0.495 e. The second kappa shape index (κ2) is 5.15. The molecule has 4 nitrogen and oxygen atoms in total. The monoisotopic (exact) mass is 282 g/mol. The van der Waals surface area contributed by atoms with E-state index in [0.29, 0.717) is 5.46 Å². The van der Waals surface area contributed by atoms with Crippen molar-refractivity contribution in [2.45, 2.75) is 38.9 Å². The van der Waals surface area contributed by atoms with Crippen LogP contribution in [0.4, 0.5) is 0 Å². The number of hydrogen-bond acceptors (Lipinski definition) is 3. The van der Waals surface area contributed by atoms with Gasteiger partial charge in [0.25, 0.3) is 0 Å². The second-order valence-corrected chi connectivity index (χ2v) is 5.78. The Balaban J connectivity index is 2.41. The molecule has 1 N–H and O–H groups in total. The molecule has 1 aliphatic rings. The molecule has 1 heterocycles. The van der Waals surface area contributed by atoms with E-state index in [4.69, 9.17) is 20.9 Å². The molecule has 1 fully saturated rings. The molecule has 102 valence electrons. The third-order valence-electron chi connectivity index (χ3n) is 3.07. The maximum absolute atomic E-state index is 11.3. The predicted molar refractivity (Wildman–Crippen MR) is 74.1 cm³/mol. The number of aromatic carboxylic acids is 1. The topological polar surface area (TPSA) is 55.8 Å². The Hall–Kier alpha value is -1.04. The summed E-state index contributed by atoms with van der Waals surface area (Å²) < 4.78 is 11.5. The quantitative estimate of drug-likeness (QED) is 0.846. The summed E-state index contributed by atoms with van der Waals surface area (Å²) in [6.07, 6.45) is 0.751. The zero-order chi connectivity index (χ0) is 14.2. The molecule has 0 aromatic heterocycles. The molecule has 0 aliphatic carbocycles. The third-order valence-corrected chi connectivity index (χ3v) is 3.39. The number of benzene rings is 1. The van der Waals surface area contributed by atoms with E-state index in [-0.39, 0.29) is 22.3 Å². The van der Waals surface area contributed by atoms with E-state index >= 15 is 0 Å². The molecular formula is C13H16BClO4. The first-order valence-corrected chi connectivity index (χ1v) is 6.53. The average Bonchev–Trinajstić information content (AvgIpc) is 2.25. The molecule has 0 spiro atoms. The van der Waals surface area contributed by atoms with Crippen molar-refractivity contribution < 1.29 is 19.2 Å². The maximum atomic E-state index is 11.3. The van der Waals surface area contributed by atoms with Gasteiger partial charge >= 0.3 is 13.1 Å². The number of carboxylic acids is 1. The van der Waals surface area contributed by atoms with Gasteiger partial charge in [-0.2, -0.15) is 0 Å². The molecule has 6 heteroatoms. The molecule has 0 radical (unpaired) electrons. The second-order valence-electron chi connectivity index (χ2n) is 5.37. The standard InChI is InChI=1S/C13H16BClO4/c1-8-7-13(2,3)19-14(18-8)9-5-4-6-10(15)11(9)12(16)17/h4-6,8H,7H2,1-3H3,(H,16,17)/t8-/m1/s1. The molecule has 1 saturated heterocycles. The zero-order valence-electron chi connectivity index (χ0n) is 11.1. The van der Waals surface area contributed by atoms with Crippen LogP contribution in [0.3, 0.4) is 0 Å². The SMILES string of the molecule is C[C@@H]1CC(C)(C)OB(c2cccc(Cl)c2C(=O)O)O1. The molecule has 1 atom stereocenters. The Labute approximate surface area is 117 Å². The summed E-state index contributed by atoms with van der Waals surface area (Å²) in [5, 5.41) is 9.47. The van der Waals surface area contributed by atoms with E-state index in [1.54, 1.807) is 18.2 Å². The third kappa shape index (κ3) is 3.11. The lowest BCUT2D eigenvalue weighted by Crippen LogP contribution is -2.53. The van der Waals surface area contributed by atoms with Gasteiger partial charge in [0.15, 0.2) is 0 Å². The molecule has 0 amide bonds. The first kappa shape index (κ1) is 14.4. The van der Waals surface area contributed by atoms with Gasteiger partial charge in [0.2, 0.25) is 0 Å². The summed E-state index contributed by atoms with van der Waals surface area (Å²) in [6.45, 7) is 5.87. The Morgan fingerprint density at radius 3 is 2.79 bits per heavy atom. The minimum Gasteiger partial charge on any atom is -0.478 e. The molecule has 0 saturated carbocycles. The van der Waals surface area contributed by atoms with Crippen molar-refractivity contribution in [1.82, 2.24) is 0 Å². The number of carbonyl (C=O) groups is 1. The number of hydrogen-bond donors (Lipinski definition) is 1. The van der Waals surface area contributed by atoms with Gasteiger partial charge in [0.05, 0.1) is 16.2 Å². The van der Waals surface area contributed by atoms with E-state index < -0.39 is 13.1 Å². The minimum atomic E-state index is -1.08. The van der Waals surface area contributed by atoms with Crippen molar-refractivity contribution in [3.63, 3.8) is 0 Å². The summed E-state index contributed by atoms with van der Waals surface area (Å²) in [4.78, 5) is 11.3. The van der Waals surface area contributed by atoms with Crippen LogP contribution in [-0.4, -0.2) is 29.9 Å². The van der Waals surface area contributed by atoms with Gasteiger partial charge < -0.3 is 14.4 Å². The van der Waals surface area contributed by atoms with Gasteiger partial charge in [-0.3, -0.25) is 0 Å². The molecule has 2 rings (SSSR count). The summed E-state index contributed by atoms with van der Waals surface area (Å²) in [6, 6.07) is 4.92. The summed E-state index contributed by atoms with van der Waals surface area (Å²) in [5.74, 6) is -1.08. The highest BCUT2D eigenvalue weighted by atomic mass is 35.5. The first-order chi connectivity index (χ1) is 8.80. The van der Waals surface area contributed by atoms with Crippen LogP contribution in [0.5, 0.6) is 0 Å². The Morgan fingerprint density at radius 1 is 1.53 bits per heavy atom. The van der Waals surface area contributed by atoms with Gasteiger partial charge in [-0.05, 0) is 38.7 Å².